The third-order valence-corrected chi connectivity index (χ3v) is 7.02. The van der Waals surface area contributed by atoms with Crippen molar-refractivity contribution in [2.45, 2.75) is 37.1 Å². The Morgan fingerprint density at radius 1 is 1.06 bits per heavy atom. The first-order valence-electron chi connectivity index (χ1n) is 11.3. The Balaban J connectivity index is 1.61. The third-order valence-electron chi connectivity index (χ3n) is 7.02. The quantitative estimate of drug-likeness (QED) is 0.603. The zero-order chi connectivity index (χ0) is 24.0. The molecule has 34 heavy (non-hydrogen) atoms. The molecule has 0 spiro atoms. The number of carbonyl (C=O) groups is 1. The van der Waals surface area contributed by atoms with Crippen molar-refractivity contribution in [3.63, 3.8) is 0 Å². The number of rotatable bonds is 4. The molecule has 1 fully saturated rings. The van der Waals surface area contributed by atoms with E-state index >= 15 is 0 Å². The molecule has 0 aromatic heterocycles. The smallest absolute Gasteiger partial charge is 0.239 e. The molecule has 3 aromatic carbocycles. The molecule has 3 aromatic rings. The average molecular weight is 453 g/mol. The lowest BCUT2D eigenvalue weighted by molar-refractivity contribution is -0.130. The molecule has 1 heterocycles. The molecule has 6 heteroatoms. The highest BCUT2D eigenvalue weighted by molar-refractivity contribution is 6.02. The van der Waals surface area contributed by atoms with Crippen LogP contribution in [0.5, 0.6) is 0 Å². The van der Waals surface area contributed by atoms with E-state index in [9.17, 15) is 14.4 Å². The molecule has 0 saturated heterocycles. The van der Waals surface area contributed by atoms with E-state index in [1.54, 1.807) is 13.1 Å². The van der Waals surface area contributed by atoms with Crippen LogP contribution in [-0.2, 0) is 10.3 Å². The molecule has 0 bridgehead atoms. The number of halogens is 1. The minimum atomic E-state index is -0.942. The maximum absolute atomic E-state index is 13.9. The lowest BCUT2D eigenvalue weighted by Gasteiger charge is -2.41. The number of nitrogens with zero attached hydrogens (tertiary/aromatic N) is 3. The fourth-order valence-electron chi connectivity index (χ4n) is 4.80. The minimum absolute atomic E-state index is 0.0144. The zero-order valence-corrected chi connectivity index (χ0v) is 19.1. The van der Waals surface area contributed by atoms with Crippen molar-refractivity contribution in [2.75, 3.05) is 7.05 Å². The zero-order valence-electron chi connectivity index (χ0n) is 19.1. The summed E-state index contributed by atoms with van der Waals surface area (Å²) in [5.74, 6) is -0.437. The summed E-state index contributed by atoms with van der Waals surface area (Å²) < 4.78 is 13.9. The van der Waals surface area contributed by atoms with Crippen LogP contribution < -0.4 is 5.73 Å². The fraction of sp³-hybridized carbons (Fsp3) is 0.250. The normalized spacial score (nSPS) is 22.3. The predicted octanol–water partition coefficient (Wildman–Crippen LogP) is 5.03. The van der Waals surface area contributed by atoms with Gasteiger partial charge in [-0.15, -0.1) is 0 Å². The van der Waals surface area contributed by atoms with Gasteiger partial charge >= 0.3 is 0 Å². The Morgan fingerprint density at radius 2 is 1.74 bits per heavy atom. The van der Waals surface area contributed by atoms with Crippen LogP contribution in [0.15, 0.2) is 71.7 Å². The SMILES string of the molecule is CN1C(=O)[C@H](c2ccc(C3CC3)cc2)[C@@](C)(c2cccc(-c3ccc(F)c(C#N)c3)c2)N=C1N. The van der Waals surface area contributed by atoms with Crippen molar-refractivity contribution < 1.29 is 9.18 Å². The highest BCUT2D eigenvalue weighted by Gasteiger charge is 2.47. The second-order valence-electron chi connectivity index (χ2n) is 9.28. The van der Waals surface area contributed by atoms with Gasteiger partial charge in [0.1, 0.15) is 17.4 Å². The van der Waals surface area contributed by atoms with E-state index in [-0.39, 0.29) is 17.4 Å². The number of nitrogens with two attached hydrogens (primary N) is 1. The Bertz CT molecular complexity index is 1350. The van der Waals surface area contributed by atoms with E-state index in [0.29, 0.717) is 11.5 Å². The molecular formula is C28H25FN4O. The molecule has 2 N–H and O–H groups in total. The first kappa shape index (κ1) is 21.8. The van der Waals surface area contributed by atoms with Crippen molar-refractivity contribution >= 4 is 11.9 Å². The summed E-state index contributed by atoms with van der Waals surface area (Å²) in [4.78, 5) is 19.7. The number of benzene rings is 3. The van der Waals surface area contributed by atoms with Gasteiger partial charge in [0, 0.05) is 7.05 Å². The summed E-state index contributed by atoms with van der Waals surface area (Å²) in [6.45, 7) is 1.93. The monoisotopic (exact) mass is 452 g/mol. The Labute approximate surface area is 198 Å². The topological polar surface area (TPSA) is 82.5 Å². The molecule has 0 radical (unpaired) electrons. The Kier molecular flexibility index (Phi) is 5.21. The third kappa shape index (κ3) is 3.63. The van der Waals surface area contributed by atoms with Crippen LogP contribution in [0.25, 0.3) is 11.1 Å². The Morgan fingerprint density at radius 3 is 2.41 bits per heavy atom. The number of hydrogen-bond acceptors (Lipinski definition) is 4. The maximum atomic E-state index is 13.9. The maximum Gasteiger partial charge on any atom is 0.239 e. The molecule has 5 rings (SSSR count). The number of hydrogen-bond donors (Lipinski definition) is 1. The van der Waals surface area contributed by atoms with Gasteiger partial charge in [0.25, 0.3) is 0 Å². The molecule has 5 nitrogen and oxygen atoms in total. The molecule has 2 atom stereocenters. The standard InChI is InChI=1S/C28H25FN4O/c1-28(23-5-3-4-20(15-23)21-12-13-24(29)22(14-21)16-30)25(26(34)33(2)27(31)32-28)19-10-8-18(9-11-19)17-6-7-17/h3-5,8-15,17,25H,6-7H2,1-2H3,(H2,31,32)/t25-,28+/m0/s1. The second-order valence-corrected chi connectivity index (χ2v) is 9.28. The van der Waals surface area contributed by atoms with Crippen LogP contribution in [0.2, 0.25) is 0 Å². The van der Waals surface area contributed by atoms with Crippen LogP contribution in [0.4, 0.5) is 4.39 Å². The summed E-state index contributed by atoms with van der Waals surface area (Å²) in [6, 6.07) is 22.3. The number of likely N-dealkylation sites (N-methyl/N-ethyl adjacent to an activating group) is 1. The van der Waals surface area contributed by atoms with Gasteiger partial charge in [-0.1, -0.05) is 48.5 Å². The van der Waals surface area contributed by atoms with Crippen molar-refractivity contribution in [1.29, 1.82) is 5.26 Å². The van der Waals surface area contributed by atoms with Crippen LogP contribution in [-0.4, -0.2) is 23.8 Å². The highest BCUT2D eigenvalue weighted by Crippen LogP contribution is 2.46. The number of aliphatic imine (C=N–C) groups is 1. The van der Waals surface area contributed by atoms with E-state index in [2.05, 4.69) is 12.1 Å². The van der Waals surface area contributed by atoms with Gasteiger partial charge in [-0.3, -0.25) is 9.69 Å². The van der Waals surface area contributed by atoms with Gasteiger partial charge in [-0.05, 0) is 71.7 Å². The average Bonchev–Trinajstić information content (AvgIpc) is 3.69. The number of amides is 1. The molecule has 1 saturated carbocycles. The molecular weight excluding hydrogens is 427 g/mol. The van der Waals surface area contributed by atoms with Crippen molar-refractivity contribution in [3.05, 3.63) is 94.8 Å². The largest absolute Gasteiger partial charge is 0.369 e. The molecule has 1 aliphatic heterocycles. The van der Waals surface area contributed by atoms with Crippen molar-refractivity contribution in [1.82, 2.24) is 4.90 Å². The van der Waals surface area contributed by atoms with Crippen molar-refractivity contribution in [2.24, 2.45) is 10.7 Å². The Hall–Kier alpha value is -3.98. The molecule has 2 aliphatic rings. The molecule has 1 aliphatic carbocycles. The summed E-state index contributed by atoms with van der Waals surface area (Å²) in [5.41, 5.74) is 9.74. The van der Waals surface area contributed by atoms with Gasteiger partial charge in [-0.25, -0.2) is 9.38 Å². The van der Waals surface area contributed by atoms with Crippen LogP contribution in [0, 0.1) is 17.1 Å². The highest BCUT2D eigenvalue weighted by atomic mass is 19.1. The minimum Gasteiger partial charge on any atom is -0.369 e. The predicted molar refractivity (Wildman–Crippen MR) is 129 cm³/mol. The fourth-order valence-corrected chi connectivity index (χ4v) is 4.80. The van der Waals surface area contributed by atoms with Gasteiger partial charge in [0.15, 0.2) is 5.96 Å². The van der Waals surface area contributed by atoms with E-state index in [4.69, 9.17) is 10.7 Å². The number of carbonyl (C=O) groups excluding carboxylic acids is 1. The summed E-state index contributed by atoms with van der Waals surface area (Å²) in [6.07, 6.45) is 2.43. The molecule has 170 valence electrons. The van der Waals surface area contributed by atoms with Gasteiger partial charge < -0.3 is 5.73 Å². The van der Waals surface area contributed by atoms with Crippen LogP contribution in [0.3, 0.4) is 0 Å². The van der Waals surface area contributed by atoms with E-state index in [1.807, 2.05) is 49.4 Å². The van der Waals surface area contributed by atoms with E-state index in [0.717, 1.165) is 16.7 Å². The molecule has 1 amide bonds. The molecule has 0 unspecified atom stereocenters. The summed E-state index contributed by atoms with van der Waals surface area (Å²) >= 11 is 0. The number of guanidine groups is 1. The van der Waals surface area contributed by atoms with Gasteiger partial charge in [-0.2, -0.15) is 5.26 Å². The summed E-state index contributed by atoms with van der Waals surface area (Å²) in [7, 11) is 1.64. The van der Waals surface area contributed by atoms with Crippen LogP contribution >= 0.6 is 0 Å². The van der Waals surface area contributed by atoms with Crippen molar-refractivity contribution in [3.8, 4) is 17.2 Å². The number of nitriles is 1. The van der Waals surface area contributed by atoms with Crippen LogP contribution in [0.1, 0.15) is 53.9 Å². The lowest BCUT2D eigenvalue weighted by Crippen LogP contribution is -2.52. The van der Waals surface area contributed by atoms with E-state index < -0.39 is 17.3 Å². The first-order chi connectivity index (χ1) is 16.3. The van der Waals surface area contributed by atoms with Gasteiger partial charge in [0.2, 0.25) is 5.91 Å². The van der Waals surface area contributed by atoms with E-state index in [1.165, 1.54) is 35.4 Å². The lowest BCUT2D eigenvalue weighted by atomic mass is 9.74. The summed E-state index contributed by atoms with van der Waals surface area (Å²) in [5, 5.41) is 9.23. The second kappa shape index (κ2) is 8.11. The first-order valence-corrected chi connectivity index (χ1v) is 11.3. The van der Waals surface area contributed by atoms with Gasteiger partial charge in [0.05, 0.1) is 11.5 Å².